The first-order valence-electron chi connectivity index (χ1n) is 8.27. The third-order valence-electron chi connectivity index (χ3n) is 4.46. The number of carbonyl (C=O) groups excluding carboxylic acids is 1. The highest BCUT2D eigenvalue weighted by molar-refractivity contribution is 7.98. The van der Waals surface area contributed by atoms with Gasteiger partial charge in [-0.15, -0.1) is 11.8 Å². The normalized spacial score (nSPS) is 15.5. The first-order chi connectivity index (χ1) is 11.3. The largest absolute Gasteiger partial charge is 0.299 e. The van der Waals surface area contributed by atoms with Gasteiger partial charge in [-0.3, -0.25) is 9.69 Å². The first kappa shape index (κ1) is 16.3. The molecule has 0 radical (unpaired) electrons. The minimum absolute atomic E-state index is 0.130. The number of carbonyl (C=O) groups is 1. The zero-order valence-electron chi connectivity index (χ0n) is 13.6. The summed E-state index contributed by atoms with van der Waals surface area (Å²) >= 11 is 1.69. The second kappa shape index (κ2) is 7.80. The number of hydrogen-bond acceptors (Lipinski definition) is 3. The Kier molecular flexibility index (Phi) is 5.52. The summed E-state index contributed by atoms with van der Waals surface area (Å²) in [6.07, 6.45) is 5.92. The van der Waals surface area contributed by atoms with Crippen molar-refractivity contribution < 1.29 is 4.79 Å². The molecule has 0 N–H and O–H groups in total. The van der Waals surface area contributed by atoms with Gasteiger partial charge >= 0.3 is 0 Å². The molecule has 0 spiro atoms. The molecule has 0 bridgehead atoms. The second-order valence-electron chi connectivity index (χ2n) is 6.05. The zero-order chi connectivity index (χ0) is 16.1. The molecule has 1 saturated heterocycles. The third kappa shape index (κ3) is 4.04. The number of thioether (sulfide) groups is 1. The summed E-state index contributed by atoms with van der Waals surface area (Å²) in [6, 6.07) is 16.0. The molecule has 0 amide bonds. The van der Waals surface area contributed by atoms with Crippen LogP contribution in [0.5, 0.6) is 0 Å². The fourth-order valence-electron chi connectivity index (χ4n) is 3.14. The minimum Gasteiger partial charge on any atom is -0.299 e. The Hall–Kier alpha value is -1.58. The van der Waals surface area contributed by atoms with E-state index < -0.39 is 0 Å². The summed E-state index contributed by atoms with van der Waals surface area (Å²) in [6.45, 7) is 3.17. The van der Waals surface area contributed by atoms with Gasteiger partial charge in [-0.1, -0.05) is 30.7 Å². The van der Waals surface area contributed by atoms with Crippen molar-refractivity contribution in [2.24, 2.45) is 0 Å². The lowest BCUT2D eigenvalue weighted by Crippen LogP contribution is -2.29. The van der Waals surface area contributed by atoms with Crippen molar-refractivity contribution in [3.05, 3.63) is 65.2 Å². The number of piperidine rings is 1. The van der Waals surface area contributed by atoms with Gasteiger partial charge in [0, 0.05) is 22.6 Å². The van der Waals surface area contributed by atoms with Gasteiger partial charge in [-0.05, 0) is 62.0 Å². The van der Waals surface area contributed by atoms with Crippen molar-refractivity contribution in [3.63, 3.8) is 0 Å². The van der Waals surface area contributed by atoms with Gasteiger partial charge in [0.15, 0.2) is 5.78 Å². The number of likely N-dealkylation sites (tertiary alicyclic amines) is 1. The van der Waals surface area contributed by atoms with Crippen LogP contribution in [0.3, 0.4) is 0 Å². The van der Waals surface area contributed by atoms with Crippen LogP contribution >= 0.6 is 11.8 Å². The van der Waals surface area contributed by atoms with E-state index in [2.05, 4.69) is 11.0 Å². The SMILES string of the molecule is CSc1ccc(C(=O)c2ccccc2CN2CCCCC2)cc1. The maximum Gasteiger partial charge on any atom is 0.193 e. The standard InChI is InChI=1S/C20H23NOS/c1-23-18-11-9-16(10-12-18)20(22)19-8-4-3-7-17(19)15-21-13-5-2-6-14-21/h3-4,7-12H,2,5-6,13-15H2,1H3. The highest BCUT2D eigenvalue weighted by atomic mass is 32.2. The van der Waals surface area contributed by atoms with Gasteiger partial charge in [-0.2, -0.15) is 0 Å². The summed E-state index contributed by atoms with van der Waals surface area (Å²) in [5, 5.41) is 0. The number of nitrogens with zero attached hydrogens (tertiary/aromatic N) is 1. The van der Waals surface area contributed by atoms with Crippen LogP contribution in [0.2, 0.25) is 0 Å². The Labute approximate surface area is 142 Å². The lowest BCUT2D eigenvalue weighted by atomic mass is 9.97. The second-order valence-corrected chi connectivity index (χ2v) is 6.93. The van der Waals surface area contributed by atoms with Crippen LogP contribution in [0.1, 0.15) is 40.7 Å². The molecule has 1 heterocycles. The Morgan fingerprint density at radius 2 is 1.70 bits per heavy atom. The Morgan fingerprint density at radius 1 is 1.00 bits per heavy atom. The summed E-state index contributed by atoms with van der Waals surface area (Å²) in [4.78, 5) is 16.5. The Bertz CT molecular complexity index is 660. The molecule has 0 saturated carbocycles. The highest BCUT2D eigenvalue weighted by Crippen LogP contribution is 2.21. The lowest BCUT2D eigenvalue weighted by molar-refractivity contribution is 0.103. The smallest absolute Gasteiger partial charge is 0.193 e. The van der Waals surface area contributed by atoms with Gasteiger partial charge in [0.1, 0.15) is 0 Å². The first-order valence-corrected chi connectivity index (χ1v) is 9.49. The minimum atomic E-state index is 0.130. The van der Waals surface area contributed by atoms with E-state index in [0.29, 0.717) is 0 Å². The molecular formula is C20H23NOS. The molecule has 0 unspecified atom stereocenters. The van der Waals surface area contributed by atoms with E-state index in [4.69, 9.17) is 0 Å². The molecule has 1 fully saturated rings. The topological polar surface area (TPSA) is 20.3 Å². The molecular weight excluding hydrogens is 302 g/mol. The van der Waals surface area contributed by atoms with E-state index >= 15 is 0 Å². The van der Waals surface area contributed by atoms with Gasteiger partial charge in [-0.25, -0.2) is 0 Å². The van der Waals surface area contributed by atoms with Crippen molar-refractivity contribution in [2.75, 3.05) is 19.3 Å². The van der Waals surface area contributed by atoms with Crippen molar-refractivity contribution in [1.29, 1.82) is 0 Å². The maximum absolute atomic E-state index is 12.9. The van der Waals surface area contributed by atoms with Crippen LogP contribution in [0.25, 0.3) is 0 Å². The number of rotatable bonds is 5. The van der Waals surface area contributed by atoms with Crippen molar-refractivity contribution in [3.8, 4) is 0 Å². The predicted octanol–water partition coefficient (Wildman–Crippen LogP) is 4.63. The van der Waals surface area contributed by atoms with Crippen molar-refractivity contribution in [2.45, 2.75) is 30.7 Å². The van der Waals surface area contributed by atoms with E-state index in [1.54, 1.807) is 11.8 Å². The lowest BCUT2D eigenvalue weighted by Gasteiger charge is -2.27. The molecule has 2 aromatic rings. The molecule has 1 aliphatic rings. The third-order valence-corrected chi connectivity index (χ3v) is 5.20. The van der Waals surface area contributed by atoms with Crippen LogP contribution < -0.4 is 0 Å². The average molecular weight is 325 g/mol. The van der Waals surface area contributed by atoms with Crippen molar-refractivity contribution >= 4 is 17.5 Å². The van der Waals surface area contributed by atoms with Crippen LogP contribution in [0.15, 0.2) is 53.4 Å². The average Bonchev–Trinajstić information content (AvgIpc) is 2.62. The zero-order valence-corrected chi connectivity index (χ0v) is 14.4. The summed E-state index contributed by atoms with van der Waals surface area (Å²) in [5.74, 6) is 0.130. The number of benzene rings is 2. The quantitative estimate of drug-likeness (QED) is 0.591. The van der Waals surface area contributed by atoms with E-state index in [1.165, 1.54) is 24.2 Å². The number of ketones is 1. The van der Waals surface area contributed by atoms with E-state index in [-0.39, 0.29) is 5.78 Å². The van der Waals surface area contributed by atoms with Gasteiger partial charge < -0.3 is 0 Å². The summed E-state index contributed by atoms with van der Waals surface area (Å²) in [5.41, 5.74) is 2.76. The predicted molar refractivity (Wildman–Crippen MR) is 97.2 cm³/mol. The van der Waals surface area contributed by atoms with E-state index in [0.717, 1.165) is 36.3 Å². The summed E-state index contributed by atoms with van der Waals surface area (Å²) in [7, 11) is 0. The van der Waals surface area contributed by atoms with E-state index in [9.17, 15) is 4.79 Å². The molecule has 120 valence electrons. The monoisotopic (exact) mass is 325 g/mol. The van der Waals surface area contributed by atoms with Crippen LogP contribution in [-0.4, -0.2) is 30.0 Å². The Morgan fingerprint density at radius 3 is 2.39 bits per heavy atom. The van der Waals surface area contributed by atoms with Crippen LogP contribution in [0, 0.1) is 0 Å². The molecule has 0 atom stereocenters. The molecule has 2 nitrogen and oxygen atoms in total. The van der Waals surface area contributed by atoms with Gasteiger partial charge in [0.25, 0.3) is 0 Å². The molecule has 0 aliphatic carbocycles. The summed E-state index contributed by atoms with van der Waals surface area (Å²) < 4.78 is 0. The molecule has 2 aromatic carbocycles. The highest BCUT2D eigenvalue weighted by Gasteiger charge is 2.16. The van der Waals surface area contributed by atoms with Crippen LogP contribution in [0.4, 0.5) is 0 Å². The fraction of sp³-hybridized carbons (Fsp3) is 0.350. The molecule has 0 aromatic heterocycles. The molecule has 3 rings (SSSR count). The van der Waals surface area contributed by atoms with E-state index in [1.807, 2.05) is 48.7 Å². The fourth-order valence-corrected chi connectivity index (χ4v) is 3.54. The maximum atomic E-state index is 12.9. The van der Waals surface area contributed by atoms with Crippen molar-refractivity contribution in [1.82, 2.24) is 4.90 Å². The van der Waals surface area contributed by atoms with Gasteiger partial charge in [0.2, 0.25) is 0 Å². The number of hydrogen-bond donors (Lipinski definition) is 0. The molecule has 23 heavy (non-hydrogen) atoms. The molecule has 3 heteroatoms. The van der Waals surface area contributed by atoms with Gasteiger partial charge in [0.05, 0.1) is 0 Å². The van der Waals surface area contributed by atoms with Crippen LogP contribution in [-0.2, 0) is 6.54 Å². The Balaban J connectivity index is 1.81. The molecule has 1 aliphatic heterocycles.